The van der Waals surface area contributed by atoms with E-state index in [2.05, 4.69) is 10.6 Å². The highest BCUT2D eigenvalue weighted by Crippen LogP contribution is 2.22. The van der Waals surface area contributed by atoms with Gasteiger partial charge in [0.1, 0.15) is 23.6 Å². The summed E-state index contributed by atoms with van der Waals surface area (Å²) in [4.78, 5) is 47.8. The molecule has 0 aliphatic rings. The van der Waals surface area contributed by atoms with Gasteiger partial charge in [0, 0.05) is 24.3 Å². The topological polar surface area (TPSA) is 225 Å². The molecule has 0 fully saturated rings. The van der Waals surface area contributed by atoms with Gasteiger partial charge in [0.2, 0.25) is 11.8 Å². The largest absolute Gasteiger partial charge is 0.508 e. The summed E-state index contributed by atoms with van der Waals surface area (Å²) < 4.78 is 0. The van der Waals surface area contributed by atoms with E-state index in [4.69, 9.17) is 11.5 Å². The van der Waals surface area contributed by atoms with Crippen LogP contribution in [-0.2, 0) is 32.0 Å². The fourth-order valence-electron chi connectivity index (χ4n) is 3.09. The number of aromatic hydroxyl groups is 2. The summed E-state index contributed by atoms with van der Waals surface area (Å²) in [6.45, 7) is 0. The van der Waals surface area contributed by atoms with E-state index < -0.39 is 47.9 Å². The van der Waals surface area contributed by atoms with Crippen LogP contribution < -0.4 is 22.1 Å². The van der Waals surface area contributed by atoms with Crippen molar-refractivity contribution >= 4 is 45.3 Å². The van der Waals surface area contributed by atoms with Crippen molar-refractivity contribution in [3.05, 3.63) is 59.7 Å². The normalized spacial score (nSPS) is 14.1. The number of hydrogen-bond donors (Lipinski definition) is 8. The summed E-state index contributed by atoms with van der Waals surface area (Å²) in [5.41, 5.74) is 13.0. The van der Waals surface area contributed by atoms with Crippen molar-refractivity contribution in [1.82, 2.24) is 10.6 Å². The monoisotopic (exact) mass is 566 g/mol. The van der Waals surface area contributed by atoms with Crippen molar-refractivity contribution in [3.63, 3.8) is 0 Å². The van der Waals surface area contributed by atoms with Gasteiger partial charge >= 0.3 is 11.9 Å². The minimum absolute atomic E-state index is 0.00398. The van der Waals surface area contributed by atoms with E-state index >= 15 is 0 Å². The lowest BCUT2D eigenvalue weighted by molar-refractivity contribution is -0.142. The molecule has 0 aliphatic carbocycles. The molecule has 38 heavy (non-hydrogen) atoms. The van der Waals surface area contributed by atoms with Crippen molar-refractivity contribution in [2.45, 2.75) is 37.0 Å². The number of amides is 2. The molecular formula is C24H30N4O8S2. The maximum atomic E-state index is 12.4. The molecule has 2 rings (SSSR count). The van der Waals surface area contributed by atoms with Gasteiger partial charge in [-0.25, -0.2) is 9.59 Å². The Balaban J connectivity index is 1.76. The number of carboxylic acids is 2. The van der Waals surface area contributed by atoms with Crippen molar-refractivity contribution in [2.24, 2.45) is 11.5 Å². The Morgan fingerprint density at radius 3 is 1.26 bits per heavy atom. The summed E-state index contributed by atoms with van der Waals surface area (Å²) in [5, 5.41) is 42.3. The number of nitrogens with one attached hydrogen (secondary N) is 2. The predicted octanol–water partition coefficient (Wildman–Crippen LogP) is 0.0578. The maximum absolute atomic E-state index is 12.4. The molecule has 0 heterocycles. The summed E-state index contributed by atoms with van der Waals surface area (Å²) in [5.74, 6) is -3.51. The van der Waals surface area contributed by atoms with Gasteiger partial charge in [0.15, 0.2) is 0 Å². The zero-order chi connectivity index (χ0) is 28.2. The van der Waals surface area contributed by atoms with Crippen LogP contribution in [-0.4, -0.2) is 79.9 Å². The van der Waals surface area contributed by atoms with Gasteiger partial charge in [-0.05, 0) is 35.4 Å². The van der Waals surface area contributed by atoms with Crippen LogP contribution in [0.3, 0.4) is 0 Å². The third-order valence-electron chi connectivity index (χ3n) is 5.23. The Kier molecular flexibility index (Phi) is 12.2. The van der Waals surface area contributed by atoms with Crippen LogP contribution in [0.15, 0.2) is 48.5 Å². The second-order valence-corrected chi connectivity index (χ2v) is 10.9. The molecule has 0 spiro atoms. The fourth-order valence-corrected chi connectivity index (χ4v) is 5.33. The Morgan fingerprint density at radius 2 is 0.974 bits per heavy atom. The molecule has 2 aromatic carbocycles. The van der Waals surface area contributed by atoms with Crippen LogP contribution in [0, 0.1) is 0 Å². The Morgan fingerprint density at radius 1 is 0.658 bits per heavy atom. The molecule has 2 amide bonds. The van der Waals surface area contributed by atoms with Gasteiger partial charge in [-0.2, -0.15) is 0 Å². The second-order valence-electron chi connectivity index (χ2n) is 8.32. The first kappa shape index (κ1) is 30.8. The van der Waals surface area contributed by atoms with Crippen LogP contribution >= 0.6 is 21.6 Å². The summed E-state index contributed by atoms with van der Waals surface area (Å²) in [7, 11) is 2.32. The molecule has 0 saturated heterocycles. The Hall–Kier alpha value is -3.46. The third-order valence-corrected chi connectivity index (χ3v) is 7.71. The standard InChI is InChI=1S/C24H30N4O8S2/c25-17(21(31)27-19(23(33)34)9-13-1-5-15(29)6-2-13)11-37-38-12-18(26)22(32)28-20(24(35)36)10-14-3-7-16(30)8-4-14/h1-8,17-20,29-30H,9-12,25-26H2,(H,27,31)(H,28,32)(H,33,34)(H,35,36)/t17-,18+,19-,20+. The second kappa shape index (κ2) is 15.1. The Labute approximate surface area is 226 Å². The predicted molar refractivity (Wildman–Crippen MR) is 144 cm³/mol. The van der Waals surface area contributed by atoms with E-state index in [-0.39, 0.29) is 35.8 Å². The average molecular weight is 567 g/mol. The minimum Gasteiger partial charge on any atom is -0.508 e. The number of phenols is 2. The molecule has 2 aromatic rings. The van der Waals surface area contributed by atoms with E-state index in [0.717, 1.165) is 21.6 Å². The molecule has 0 unspecified atom stereocenters. The number of aliphatic carboxylic acids is 2. The van der Waals surface area contributed by atoms with Gasteiger partial charge in [0.05, 0.1) is 12.1 Å². The molecule has 14 heteroatoms. The molecule has 206 valence electrons. The zero-order valence-corrected chi connectivity index (χ0v) is 21.8. The number of hydrogen-bond acceptors (Lipinski definition) is 10. The van der Waals surface area contributed by atoms with E-state index in [0.29, 0.717) is 11.1 Å². The van der Waals surface area contributed by atoms with Crippen LogP contribution in [0.4, 0.5) is 0 Å². The summed E-state index contributed by atoms with van der Waals surface area (Å²) in [6, 6.07) is 7.39. The first-order valence-electron chi connectivity index (χ1n) is 11.3. The SMILES string of the molecule is N[C@H](CSSC[C@H](N)C(=O)N[C@@H](Cc1ccc(O)cc1)C(=O)O)C(=O)N[C@H](Cc1ccc(O)cc1)C(=O)O. The molecule has 4 atom stereocenters. The minimum atomic E-state index is -1.23. The number of benzene rings is 2. The highest BCUT2D eigenvalue weighted by molar-refractivity contribution is 8.76. The Bertz CT molecular complexity index is 1010. The molecular weight excluding hydrogens is 536 g/mol. The van der Waals surface area contributed by atoms with Crippen LogP contribution in [0.5, 0.6) is 11.5 Å². The van der Waals surface area contributed by atoms with Crippen molar-refractivity contribution in [1.29, 1.82) is 0 Å². The molecule has 12 nitrogen and oxygen atoms in total. The smallest absolute Gasteiger partial charge is 0.326 e. The average Bonchev–Trinajstić information content (AvgIpc) is 2.87. The van der Waals surface area contributed by atoms with Gasteiger partial charge in [-0.1, -0.05) is 45.9 Å². The molecule has 10 N–H and O–H groups in total. The maximum Gasteiger partial charge on any atom is 0.326 e. The third kappa shape index (κ3) is 10.5. The van der Waals surface area contributed by atoms with E-state index in [1.54, 1.807) is 24.3 Å². The first-order valence-corrected chi connectivity index (χ1v) is 13.8. The number of carbonyl (C=O) groups excluding carboxylic acids is 2. The summed E-state index contributed by atoms with van der Waals surface area (Å²) >= 11 is 0. The first-order chi connectivity index (χ1) is 18.0. The number of carbonyl (C=O) groups is 4. The van der Waals surface area contributed by atoms with Crippen molar-refractivity contribution < 1.29 is 39.6 Å². The van der Waals surface area contributed by atoms with Gasteiger partial charge in [-0.3, -0.25) is 9.59 Å². The van der Waals surface area contributed by atoms with Crippen molar-refractivity contribution in [3.8, 4) is 11.5 Å². The molecule has 0 aromatic heterocycles. The number of carboxylic acid groups (broad SMARTS) is 2. The summed E-state index contributed by atoms with van der Waals surface area (Å²) in [6.07, 6.45) is 0.00796. The number of rotatable bonds is 15. The van der Waals surface area contributed by atoms with Gasteiger partial charge in [0.25, 0.3) is 0 Å². The quantitative estimate of drug-likeness (QED) is 0.106. The fraction of sp³-hybridized carbons (Fsp3) is 0.333. The van der Waals surface area contributed by atoms with E-state index in [1.165, 1.54) is 24.3 Å². The molecule has 0 bridgehead atoms. The van der Waals surface area contributed by atoms with E-state index in [1.807, 2.05) is 0 Å². The highest BCUT2D eigenvalue weighted by atomic mass is 33.1. The van der Waals surface area contributed by atoms with Crippen LogP contribution in [0.1, 0.15) is 11.1 Å². The van der Waals surface area contributed by atoms with Crippen LogP contribution in [0.2, 0.25) is 0 Å². The number of phenolic OH excluding ortho intramolecular Hbond substituents is 2. The number of nitrogens with two attached hydrogens (primary N) is 2. The highest BCUT2D eigenvalue weighted by Gasteiger charge is 2.25. The lowest BCUT2D eigenvalue weighted by atomic mass is 10.1. The molecule has 0 aliphatic heterocycles. The van der Waals surface area contributed by atoms with E-state index in [9.17, 15) is 39.6 Å². The molecule has 0 saturated carbocycles. The van der Waals surface area contributed by atoms with Gasteiger partial charge in [-0.15, -0.1) is 0 Å². The van der Waals surface area contributed by atoms with Gasteiger partial charge < -0.3 is 42.5 Å². The van der Waals surface area contributed by atoms with Crippen LogP contribution in [0.25, 0.3) is 0 Å². The lowest BCUT2D eigenvalue weighted by Gasteiger charge is -2.19. The zero-order valence-electron chi connectivity index (χ0n) is 20.1. The van der Waals surface area contributed by atoms with Crippen molar-refractivity contribution in [2.75, 3.05) is 11.5 Å². The lowest BCUT2D eigenvalue weighted by Crippen LogP contribution is -2.50. The molecule has 0 radical (unpaired) electrons.